The summed E-state index contributed by atoms with van der Waals surface area (Å²) in [5.74, 6) is 1.17. The van der Waals surface area contributed by atoms with Crippen LogP contribution in [0.3, 0.4) is 0 Å². The van der Waals surface area contributed by atoms with Gasteiger partial charge in [-0.25, -0.2) is 0 Å². The minimum atomic E-state index is 0.308. The number of methoxy groups -OCH3 is 1. The van der Waals surface area contributed by atoms with Crippen LogP contribution in [0.1, 0.15) is 11.1 Å². The maximum Gasteiger partial charge on any atom is 0.191 e. The lowest BCUT2D eigenvalue weighted by Crippen LogP contribution is -2.23. The first-order valence-corrected chi connectivity index (χ1v) is 9.64. The zero-order valence-electron chi connectivity index (χ0n) is 15.8. The Morgan fingerprint density at radius 1 is 1.03 bits per heavy atom. The van der Waals surface area contributed by atoms with E-state index in [1.54, 1.807) is 13.3 Å². The van der Waals surface area contributed by atoms with E-state index in [2.05, 4.69) is 15.8 Å². The Kier molecular flexibility index (Phi) is 7.44. The van der Waals surface area contributed by atoms with E-state index in [4.69, 9.17) is 33.3 Å². The minimum Gasteiger partial charge on any atom is -0.493 e. The Morgan fingerprint density at radius 3 is 2.55 bits per heavy atom. The van der Waals surface area contributed by atoms with Gasteiger partial charge in [0.25, 0.3) is 0 Å². The second-order valence-corrected chi connectivity index (χ2v) is 6.76. The number of nitrogens with zero attached hydrogens (tertiary/aromatic N) is 1. The fourth-order valence-corrected chi connectivity index (χ4v) is 2.92. The Bertz CT molecular complexity index is 996. The lowest BCUT2D eigenvalue weighted by atomic mass is 10.2. The van der Waals surface area contributed by atoms with Crippen molar-refractivity contribution in [2.75, 3.05) is 12.4 Å². The molecule has 0 aliphatic carbocycles. The van der Waals surface area contributed by atoms with E-state index < -0.39 is 0 Å². The number of halogens is 1. The number of thiocarbonyl (C=S) groups is 1. The van der Waals surface area contributed by atoms with Crippen LogP contribution in [0.25, 0.3) is 0 Å². The van der Waals surface area contributed by atoms with Crippen molar-refractivity contribution in [3.05, 3.63) is 88.9 Å². The molecule has 7 heteroatoms. The van der Waals surface area contributed by atoms with Crippen molar-refractivity contribution in [1.82, 2.24) is 5.43 Å². The molecule has 0 heterocycles. The second-order valence-electron chi connectivity index (χ2n) is 5.95. The van der Waals surface area contributed by atoms with Crippen LogP contribution in [0.2, 0.25) is 5.02 Å². The molecule has 0 spiro atoms. The fourth-order valence-electron chi connectivity index (χ4n) is 2.56. The van der Waals surface area contributed by atoms with Gasteiger partial charge in [-0.15, -0.1) is 0 Å². The summed E-state index contributed by atoms with van der Waals surface area (Å²) in [6.07, 6.45) is 1.63. The molecule has 0 aromatic heterocycles. The van der Waals surface area contributed by atoms with E-state index in [1.807, 2.05) is 72.8 Å². The molecule has 29 heavy (non-hydrogen) atoms. The molecule has 148 valence electrons. The van der Waals surface area contributed by atoms with Crippen LogP contribution >= 0.6 is 23.8 Å². The summed E-state index contributed by atoms with van der Waals surface area (Å²) >= 11 is 11.5. The van der Waals surface area contributed by atoms with E-state index >= 15 is 0 Å². The summed E-state index contributed by atoms with van der Waals surface area (Å²) in [5.41, 5.74) is 5.31. The summed E-state index contributed by atoms with van der Waals surface area (Å²) in [6, 6.07) is 22.7. The van der Waals surface area contributed by atoms with Crippen LogP contribution < -0.4 is 20.2 Å². The van der Waals surface area contributed by atoms with Gasteiger partial charge < -0.3 is 14.8 Å². The van der Waals surface area contributed by atoms with Crippen molar-refractivity contribution in [2.45, 2.75) is 6.61 Å². The molecule has 0 aliphatic rings. The molecular weight excluding hydrogens is 406 g/mol. The fraction of sp³-hybridized carbons (Fsp3) is 0.0909. The van der Waals surface area contributed by atoms with Gasteiger partial charge in [0.05, 0.1) is 13.3 Å². The third-order valence-electron chi connectivity index (χ3n) is 3.96. The van der Waals surface area contributed by atoms with Gasteiger partial charge in [0.1, 0.15) is 6.61 Å². The first-order valence-electron chi connectivity index (χ1n) is 8.85. The minimum absolute atomic E-state index is 0.308. The van der Waals surface area contributed by atoms with Gasteiger partial charge in [0.2, 0.25) is 0 Å². The Balaban J connectivity index is 1.69. The predicted octanol–water partition coefficient (Wildman–Crippen LogP) is 5.25. The first kappa shape index (κ1) is 20.6. The van der Waals surface area contributed by atoms with Crippen LogP contribution in [0.5, 0.6) is 11.5 Å². The van der Waals surface area contributed by atoms with Gasteiger partial charge in [-0.05, 0) is 42.5 Å². The number of rotatable bonds is 7. The summed E-state index contributed by atoms with van der Waals surface area (Å²) in [7, 11) is 1.59. The van der Waals surface area contributed by atoms with Crippen molar-refractivity contribution in [3.8, 4) is 11.5 Å². The molecule has 0 saturated heterocycles. The van der Waals surface area contributed by atoms with Crippen LogP contribution in [0.4, 0.5) is 5.69 Å². The number of hydrazone groups is 1. The molecule has 0 aliphatic heterocycles. The Labute approximate surface area is 180 Å². The number of hydrogen-bond acceptors (Lipinski definition) is 4. The number of para-hydroxylation sites is 2. The van der Waals surface area contributed by atoms with Crippen molar-refractivity contribution >= 4 is 40.8 Å². The lowest BCUT2D eigenvalue weighted by molar-refractivity contribution is 0.284. The third kappa shape index (κ3) is 5.94. The predicted molar refractivity (Wildman–Crippen MR) is 122 cm³/mol. The SMILES string of the molecule is COc1cccc(/C=N\NC(=S)Nc2ccccc2)c1OCc1ccccc1Cl. The molecule has 3 aromatic carbocycles. The molecule has 0 bridgehead atoms. The van der Waals surface area contributed by atoms with E-state index in [0.717, 1.165) is 16.8 Å². The van der Waals surface area contributed by atoms with Gasteiger partial charge in [-0.2, -0.15) is 5.10 Å². The van der Waals surface area contributed by atoms with Gasteiger partial charge in [-0.3, -0.25) is 5.43 Å². The van der Waals surface area contributed by atoms with Gasteiger partial charge in [0, 0.05) is 21.8 Å². The Morgan fingerprint density at radius 2 is 1.79 bits per heavy atom. The largest absolute Gasteiger partial charge is 0.493 e. The quantitative estimate of drug-likeness (QED) is 0.307. The molecule has 2 N–H and O–H groups in total. The molecule has 3 rings (SSSR count). The topological polar surface area (TPSA) is 54.9 Å². The maximum absolute atomic E-state index is 6.22. The monoisotopic (exact) mass is 425 g/mol. The zero-order valence-corrected chi connectivity index (χ0v) is 17.3. The third-order valence-corrected chi connectivity index (χ3v) is 4.52. The van der Waals surface area contributed by atoms with Crippen molar-refractivity contribution in [3.63, 3.8) is 0 Å². The van der Waals surface area contributed by atoms with E-state index in [9.17, 15) is 0 Å². The molecule has 0 saturated carbocycles. The highest BCUT2D eigenvalue weighted by Crippen LogP contribution is 2.31. The van der Waals surface area contributed by atoms with Crippen LogP contribution in [0, 0.1) is 0 Å². The molecule has 0 amide bonds. The molecule has 0 atom stereocenters. The number of hydrogen-bond donors (Lipinski definition) is 2. The van der Waals surface area contributed by atoms with E-state index in [1.165, 1.54) is 0 Å². The van der Waals surface area contributed by atoms with Crippen molar-refractivity contribution in [1.29, 1.82) is 0 Å². The van der Waals surface area contributed by atoms with Crippen LogP contribution in [-0.2, 0) is 6.61 Å². The smallest absolute Gasteiger partial charge is 0.191 e. The molecule has 0 fully saturated rings. The number of ether oxygens (including phenoxy) is 2. The normalized spacial score (nSPS) is 10.6. The molecule has 0 unspecified atom stereocenters. The highest BCUT2D eigenvalue weighted by Gasteiger charge is 2.10. The van der Waals surface area contributed by atoms with Crippen molar-refractivity contribution in [2.24, 2.45) is 5.10 Å². The number of nitrogens with one attached hydrogen (secondary N) is 2. The van der Waals surface area contributed by atoms with Crippen molar-refractivity contribution < 1.29 is 9.47 Å². The van der Waals surface area contributed by atoms with Gasteiger partial charge >= 0.3 is 0 Å². The number of benzene rings is 3. The average molecular weight is 426 g/mol. The van der Waals surface area contributed by atoms with Gasteiger partial charge in [-0.1, -0.05) is 54.1 Å². The van der Waals surface area contributed by atoms with E-state index in [0.29, 0.717) is 28.2 Å². The van der Waals surface area contributed by atoms with Crippen LogP contribution in [-0.4, -0.2) is 18.4 Å². The van der Waals surface area contributed by atoms with Crippen LogP contribution in [0.15, 0.2) is 77.9 Å². The van der Waals surface area contributed by atoms with E-state index in [-0.39, 0.29) is 0 Å². The highest BCUT2D eigenvalue weighted by atomic mass is 35.5. The average Bonchev–Trinajstić information content (AvgIpc) is 2.74. The highest BCUT2D eigenvalue weighted by molar-refractivity contribution is 7.80. The zero-order chi connectivity index (χ0) is 20.5. The Hall–Kier alpha value is -3.09. The summed E-state index contributed by atoms with van der Waals surface area (Å²) in [6.45, 7) is 0.308. The second kappa shape index (κ2) is 10.5. The lowest BCUT2D eigenvalue weighted by Gasteiger charge is -2.14. The standard InChI is InChI=1S/C22H20ClN3O2S/c1-27-20-13-7-9-16(21(20)28-15-17-8-5-6-12-19(17)23)14-24-26-22(29)25-18-10-3-2-4-11-18/h2-14H,15H2,1H3,(H2,25,26,29)/b24-14-. The molecule has 5 nitrogen and oxygen atoms in total. The first-order chi connectivity index (χ1) is 14.2. The summed E-state index contributed by atoms with van der Waals surface area (Å²) < 4.78 is 11.4. The maximum atomic E-state index is 6.22. The summed E-state index contributed by atoms with van der Waals surface area (Å²) in [4.78, 5) is 0. The van der Waals surface area contributed by atoms with Gasteiger partial charge in [0.15, 0.2) is 16.6 Å². The summed E-state index contributed by atoms with van der Waals surface area (Å²) in [5, 5.41) is 8.29. The number of anilines is 1. The molecule has 3 aromatic rings. The molecule has 0 radical (unpaired) electrons. The molecular formula is C22H20ClN3O2S.